The lowest BCUT2D eigenvalue weighted by Crippen LogP contribution is -2.30. The number of halogens is 2. The largest absolute Gasteiger partial charge is 0.354 e. The van der Waals surface area contributed by atoms with Crippen molar-refractivity contribution >= 4 is 56.2 Å². The number of anilines is 3. The molecule has 0 amide bonds. The van der Waals surface area contributed by atoms with E-state index in [1.165, 1.54) is 30.3 Å². The van der Waals surface area contributed by atoms with Crippen LogP contribution in [-0.4, -0.2) is 23.3 Å². The average molecular weight is 469 g/mol. The summed E-state index contributed by atoms with van der Waals surface area (Å²) in [5.41, 5.74) is 2.92. The molecule has 3 N–H and O–H groups in total. The Morgan fingerprint density at radius 1 is 1.00 bits per heavy atom. The number of nitro groups is 1. The fourth-order valence-electron chi connectivity index (χ4n) is 2.39. The summed E-state index contributed by atoms with van der Waals surface area (Å²) in [5.74, 6) is -0.549. The summed E-state index contributed by atoms with van der Waals surface area (Å²) in [6.45, 7) is 1.81. The summed E-state index contributed by atoms with van der Waals surface area (Å²) in [6.07, 6.45) is 1.03. The molecule has 3 rings (SSSR count). The molecule has 0 aliphatic rings. The predicted octanol–water partition coefficient (Wildman–Crippen LogP) is 4.05. The van der Waals surface area contributed by atoms with Gasteiger partial charge in [-0.1, -0.05) is 40.9 Å². The zero-order chi connectivity index (χ0) is 21.9. The number of nitrogens with one attached hydrogen (secondary N) is 3. The van der Waals surface area contributed by atoms with Crippen LogP contribution in [0.2, 0.25) is 10.0 Å². The molecular formula is C17H14Cl2N6O4S. The minimum atomic E-state index is -4.00. The van der Waals surface area contributed by atoms with E-state index in [4.69, 9.17) is 23.2 Å². The van der Waals surface area contributed by atoms with E-state index in [0.29, 0.717) is 15.7 Å². The van der Waals surface area contributed by atoms with Crippen LogP contribution in [0.25, 0.3) is 0 Å². The summed E-state index contributed by atoms with van der Waals surface area (Å²) in [4.78, 5) is 20.5. The van der Waals surface area contributed by atoms with Gasteiger partial charge in [-0.2, -0.15) is 0 Å². The summed E-state index contributed by atoms with van der Waals surface area (Å²) in [7, 11) is -4.00. The van der Waals surface area contributed by atoms with Gasteiger partial charge in [0.2, 0.25) is 11.6 Å². The maximum Gasteiger partial charge on any atom is 0.354 e. The Hall–Kier alpha value is -2.99. The monoisotopic (exact) mass is 468 g/mol. The van der Waals surface area contributed by atoms with E-state index >= 15 is 0 Å². The second-order valence-electron chi connectivity index (χ2n) is 6.00. The van der Waals surface area contributed by atoms with Gasteiger partial charge in [-0.15, -0.1) is 4.83 Å². The van der Waals surface area contributed by atoms with Crippen LogP contribution in [0.3, 0.4) is 0 Å². The van der Waals surface area contributed by atoms with Crippen molar-refractivity contribution in [2.24, 2.45) is 0 Å². The third kappa shape index (κ3) is 5.13. The van der Waals surface area contributed by atoms with Gasteiger partial charge in [-0.3, -0.25) is 15.5 Å². The maximum absolute atomic E-state index is 12.4. The van der Waals surface area contributed by atoms with Crippen molar-refractivity contribution in [1.82, 2.24) is 14.8 Å². The van der Waals surface area contributed by atoms with E-state index in [9.17, 15) is 18.5 Å². The molecule has 0 fully saturated rings. The second-order valence-corrected chi connectivity index (χ2v) is 8.56. The number of aryl methyl sites for hydroxylation is 1. The van der Waals surface area contributed by atoms with Crippen LogP contribution in [0.4, 0.5) is 23.0 Å². The minimum absolute atomic E-state index is 0.0239. The number of sulfonamides is 1. The fourth-order valence-corrected chi connectivity index (χ4v) is 3.76. The molecule has 0 bridgehead atoms. The minimum Gasteiger partial charge on any atom is -0.334 e. The van der Waals surface area contributed by atoms with Gasteiger partial charge in [0.05, 0.1) is 9.82 Å². The molecule has 10 nitrogen and oxygen atoms in total. The van der Waals surface area contributed by atoms with Gasteiger partial charge in [0, 0.05) is 15.7 Å². The molecule has 0 saturated carbocycles. The molecule has 0 spiro atoms. The van der Waals surface area contributed by atoms with Crippen LogP contribution in [0.15, 0.2) is 53.7 Å². The van der Waals surface area contributed by atoms with Gasteiger partial charge >= 0.3 is 5.69 Å². The number of hydrogen-bond acceptors (Lipinski definition) is 8. The SMILES string of the molecule is Cc1ccc(S(=O)(=O)NNc2ncnc(Nc3cc(Cl)cc(Cl)c3)c2[N+](=O)[O-])cc1. The maximum atomic E-state index is 12.4. The van der Waals surface area contributed by atoms with Crippen LogP contribution < -0.4 is 15.6 Å². The summed E-state index contributed by atoms with van der Waals surface area (Å²) in [5, 5.41) is 15.0. The zero-order valence-electron chi connectivity index (χ0n) is 15.3. The van der Waals surface area contributed by atoms with Crippen LogP contribution in [0.5, 0.6) is 0 Å². The van der Waals surface area contributed by atoms with E-state index in [-0.39, 0.29) is 16.5 Å². The first kappa shape index (κ1) is 21.7. The Morgan fingerprint density at radius 2 is 1.60 bits per heavy atom. The van der Waals surface area contributed by atoms with E-state index in [1.54, 1.807) is 12.1 Å². The zero-order valence-corrected chi connectivity index (χ0v) is 17.6. The standard InChI is InChI=1S/C17H14Cl2N6O4S/c1-10-2-4-14(5-3-10)30(28,29)24-23-17-15(25(26)27)16(20-9-21-17)22-13-7-11(18)6-12(19)8-13/h2-9,24H,1H3,(H2,20,21,22,23). The van der Waals surface area contributed by atoms with Crippen LogP contribution in [0, 0.1) is 17.0 Å². The molecule has 13 heteroatoms. The van der Waals surface area contributed by atoms with Gasteiger partial charge in [-0.25, -0.2) is 18.4 Å². The quantitative estimate of drug-likeness (QED) is 0.348. The molecule has 0 radical (unpaired) electrons. The third-order valence-electron chi connectivity index (χ3n) is 3.77. The smallest absolute Gasteiger partial charge is 0.334 e. The molecule has 0 aliphatic carbocycles. The third-order valence-corrected chi connectivity index (χ3v) is 5.47. The van der Waals surface area contributed by atoms with Gasteiger partial charge in [-0.05, 0) is 37.3 Å². The van der Waals surface area contributed by atoms with Crippen molar-refractivity contribution < 1.29 is 13.3 Å². The summed E-state index contributed by atoms with van der Waals surface area (Å²) >= 11 is 11.9. The lowest BCUT2D eigenvalue weighted by atomic mass is 10.2. The fraction of sp³-hybridized carbons (Fsp3) is 0.0588. The van der Waals surface area contributed by atoms with Crippen molar-refractivity contribution in [3.8, 4) is 0 Å². The van der Waals surface area contributed by atoms with Crippen molar-refractivity contribution in [1.29, 1.82) is 0 Å². The van der Waals surface area contributed by atoms with E-state index in [2.05, 4.69) is 25.5 Å². The Labute approximate surface area is 181 Å². The molecule has 156 valence electrons. The van der Waals surface area contributed by atoms with E-state index in [1.807, 2.05) is 6.92 Å². The Bertz CT molecular complexity index is 1190. The van der Waals surface area contributed by atoms with Gasteiger partial charge in [0.25, 0.3) is 10.0 Å². The normalized spacial score (nSPS) is 11.2. The summed E-state index contributed by atoms with van der Waals surface area (Å²) < 4.78 is 24.8. The number of nitrogens with zero attached hydrogens (tertiary/aromatic N) is 3. The first-order valence-electron chi connectivity index (χ1n) is 8.23. The average Bonchev–Trinajstić information content (AvgIpc) is 2.66. The van der Waals surface area contributed by atoms with Crippen LogP contribution >= 0.6 is 23.2 Å². The predicted molar refractivity (Wildman–Crippen MR) is 114 cm³/mol. The van der Waals surface area contributed by atoms with Crippen molar-refractivity contribution in [3.05, 3.63) is 74.5 Å². The highest BCUT2D eigenvalue weighted by molar-refractivity contribution is 7.89. The number of hydrazine groups is 1. The number of hydrogen-bond donors (Lipinski definition) is 3. The molecule has 1 aromatic heterocycles. The first-order chi connectivity index (χ1) is 14.2. The molecule has 0 aliphatic heterocycles. The lowest BCUT2D eigenvalue weighted by molar-refractivity contribution is -0.383. The Morgan fingerprint density at radius 3 is 2.20 bits per heavy atom. The first-order valence-corrected chi connectivity index (χ1v) is 10.5. The highest BCUT2D eigenvalue weighted by atomic mass is 35.5. The van der Waals surface area contributed by atoms with E-state index < -0.39 is 20.6 Å². The molecule has 0 unspecified atom stereocenters. The van der Waals surface area contributed by atoms with Crippen molar-refractivity contribution in [2.45, 2.75) is 11.8 Å². The molecule has 1 heterocycles. The second kappa shape index (κ2) is 8.79. The van der Waals surface area contributed by atoms with Crippen molar-refractivity contribution in [2.75, 3.05) is 10.7 Å². The molecule has 30 heavy (non-hydrogen) atoms. The molecule has 0 atom stereocenters. The van der Waals surface area contributed by atoms with Gasteiger partial charge in [0.1, 0.15) is 6.33 Å². The van der Waals surface area contributed by atoms with Gasteiger partial charge < -0.3 is 5.32 Å². The Balaban J connectivity index is 1.89. The van der Waals surface area contributed by atoms with E-state index in [0.717, 1.165) is 11.9 Å². The van der Waals surface area contributed by atoms with Crippen LogP contribution in [-0.2, 0) is 10.0 Å². The molecule has 0 saturated heterocycles. The molecule has 3 aromatic rings. The number of rotatable bonds is 7. The summed E-state index contributed by atoms with van der Waals surface area (Å²) in [6, 6.07) is 10.5. The highest BCUT2D eigenvalue weighted by Gasteiger charge is 2.25. The lowest BCUT2D eigenvalue weighted by Gasteiger charge is -2.12. The number of benzene rings is 2. The highest BCUT2D eigenvalue weighted by Crippen LogP contribution is 2.32. The van der Waals surface area contributed by atoms with Crippen molar-refractivity contribution in [3.63, 3.8) is 0 Å². The molecule has 2 aromatic carbocycles. The Kier molecular flexibility index (Phi) is 6.37. The van der Waals surface area contributed by atoms with Crippen LogP contribution in [0.1, 0.15) is 5.56 Å². The number of aromatic nitrogens is 2. The molecular weight excluding hydrogens is 455 g/mol. The topological polar surface area (TPSA) is 139 Å². The van der Waals surface area contributed by atoms with Gasteiger partial charge in [0.15, 0.2) is 0 Å².